The Hall–Kier alpha value is -1.81. The molecule has 0 aliphatic rings. The molecular weight excluding hydrogens is 310 g/mol. The molecule has 4 heteroatoms. The van der Waals surface area contributed by atoms with Crippen molar-refractivity contribution in [2.75, 3.05) is 32.1 Å². The van der Waals surface area contributed by atoms with E-state index in [-0.39, 0.29) is 0 Å². The van der Waals surface area contributed by atoms with Crippen LogP contribution in [0.5, 0.6) is 5.75 Å². The van der Waals surface area contributed by atoms with Crippen LogP contribution >= 0.6 is 0 Å². The highest BCUT2D eigenvalue weighted by atomic mass is 16.5. The molecule has 0 aliphatic heterocycles. The molecule has 0 aliphatic carbocycles. The summed E-state index contributed by atoms with van der Waals surface area (Å²) in [5.41, 5.74) is 2.03. The number of ether oxygens (including phenoxy) is 1. The first kappa shape index (κ1) is 19.5. The number of hydrogen-bond donors (Lipinski definition) is 1. The molecule has 1 heterocycles. The van der Waals surface area contributed by atoms with Gasteiger partial charge in [0, 0.05) is 43.3 Å². The van der Waals surface area contributed by atoms with Gasteiger partial charge in [-0.2, -0.15) is 0 Å². The van der Waals surface area contributed by atoms with Crippen molar-refractivity contribution in [1.29, 1.82) is 0 Å². The first-order chi connectivity index (χ1) is 11.9. The van der Waals surface area contributed by atoms with Crippen LogP contribution in [0.2, 0.25) is 0 Å². The first-order valence-corrected chi connectivity index (χ1v) is 9.30. The molecule has 25 heavy (non-hydrogen) atoms. The predicted octanol–water partition coefficient (Wildman–Crippen LogP) is 4.66. The Morgan fingerprint density at radius 1 is 1.04 bits per heavy atom. The number of nitrogens with one attached hydrogen (secondary N) is 1. The van der Waals surface area contributed by atoms with Crippen LogP contribution in [0.4, 0.5) is 5.69 Å². The second-order valence-electron chi connectivity index (χ2n) is 7.80. The maximum absolute atomic E-state index is 5.45. The van der Waals surface area contributed by atoms with E-state index >= 15 is 0 Å². The number of fused-ring (bicyclic) bond motifs is 1. The molecule has 2 aromatic rings. The predicted molar refractivity (Wildman–Crippen MR) is 107 cm³/mol. The number of nitrogens with zero attached hydrogens (tertiary/aromatic N) is 2. The summed E-state index contributed by atoms with van der Waals surface area (Å²) in [5, 5.41) is 4.75. The smallest absolute Gasteiger partial charge is 0.121 e. The van der Waals surface area contributed by atoms with Crippen molar-refractivity contribution < 1.29 is 4.74 Å². The molecule has 0 spiro atoms. The highest BCUT2D eigenvalue weighted by molar-refractivity contribution is 5.91. The van der Waals surface area contributed by atoms with Crippen molar-refractivity contribution in [3.63, 3.8) is 0 Å². The standard InChI is InChI=1S/C21H33N3O/c1-15(2)12-24(13-16(3)4)14-17(5)23-20-11-19(25-6)10-18-8-7-9-22-21(18)20/h7-11,15-17,23H,12-14H2,1-6H3. The third-order valence-corrected chi connectivity index (χ3v) is 4.09. The van der Waals surface area contributed by atoms with E-state index < -0.39 is 0 Å². The molecule has 138 valence electrons. The van der Waals surface area contributed by atoms with E-state index in [4.69, 9.17) is 4.74 Å². The molecule has 1 aromatic heterocycles. The van der Waals surface area contributed by atoms with Crippen molar-refractivity contribution in [2.45, 2.75) is 40.7 Å². The number of rotatable bonds is 9. The Morgan fingerprint density at radius 2 is 1.72 bits per heavy atom. The van der Waals surface area contributed by atoms with E-state index in [1.54, 1.807) is 7.11 Å². The minimum absolute atomic E-state index is 0.329. The van der Waals surface area contributed by atoms with Crippen LogP contribution in [0.15, 0.2) is 30.5 Å². The molecule has 0 bridgehead atoms. The molecule has 1 atom stereocenters. The Kier molecular flexibility index (Phi) is 7.06. The van der Waals surface area contributed by atoms with E-state index in [9.17, 15) is 0 Å². The summed E-state index contributed by atoms with van der Waals surface area (Å²) < 4.78 is 5.45. The number of anilines is 1. The van der Waals surface area contributed by atoms with Crippen molar-refractivity contribution >= 4 is 16.6 Å². The van der Waals surface area contributed by atoms with Crippen LogP contribution in [0.3, 0.4) is 0 Å². The van der Waals surface area contributed by atoms with Gasteiger partial charge in [-0.15, -0.1) is 0 Å². The van der Waals surface area contributed by atoms with Gasteiger partial charge < -0.3 is 15.0 Å². The molecule has 1 aromatic carbocycles. The average Bonchev–Trinajstić information content (AvgIpc) is 2.53. The normalized spacial score (nSPS) is 13.0. The van der Waals surface area contributed by atoms with E-state index in [2.05, 4.69) is 55.9 Å². The summed E-state index contributed by atoms with van der Waals surface area (Å²) >= 11 is 0. The van der Waals surface area contributed by atoms with Crippen LogP contribution in [0, 0.1) is 11.8 Å². The average molecular weight is 344 g/mol. The van der Waals surface area contributed by atoms with Crippen LogP contribution in [-0.4, -0.2) is 42.7 Å². The lowest BCUT2D eigenvalue weighted by molar-refractivity contribution is 0.214. The second kappa shape index (κ2) is 9.04. The highest BCUT2D eigenvalue weighted by Gasteiger charge is 2.15. The van der Waals surface area contributed by atoms with Gasteiger partial charge in [0.05, 0.1) is 18.3 Å². The second-order valence-corrected chi connectivity index (χ2v) is 7.80. The van der Waals surface area contributed by atoms with Crippen molar-refractivity contribution in [3.8, 4) is 5.75 Å². The fourth-order valence-electron chi connectivity index (χ4n) is 3.35. The fourth-order valence-corrected chi connectivity index (χ4v) is 3.35. The summed E-state index contributed by atoms with van der Waals surface area (Å²) in [6.45, 7) is 14.6. The quantitative estimate of drug-likeness (QED) is 0.719. The topological polar surface area (TPSA) is 37.4 Å². The van der Waals surface area contributed by atoms with Gasteiger partial charge in [0.15, 0.2) is 0 Å². The van der Waals surface area contributed by atoms with Gasteiger partial charge in [-0.1, -0.05) is 33.8 Å². The van der Waals surface area contributed by atoms with Gasteiger partial charge in [0.25, 0.3) is 0 Å². The minimum atomic E-state index is 0.329. The zero-order chi connectivity index (χ0) is 18.4. The Bertz CT molecular complexity index is 659. The molecule has 1 unspecified atom stereocenters. The third-order valence-electron chi connectivity index (χ3n) is 4.09. The molecule has 0 radical (unpaired) electrons. The number of pyridine rings is 1. The highest BCUT2D eigenvalue weighted by Crippen LogP contribution is 2.28. The number of methoxy groups -OCH3 is 1. The maximum Gasteiger partial charge on any atom is 0.121 e. The van der Waals surface area contributed by atoms with Gasteiger partial charge in [-0.3, -0.25) is 4.98 Å². The molecule has 0 saturated carbocycles. The minimum Gasteiger partial charge on any atom is -0.497 e. The molecule has 0 fully saturated rings. The van der Waals surface area contributed by atoms with Crippen molar-refractivity contribution in [2.24, 2.45) is 11.8 Å². The van der Waals surface area contributed by atoms with Gasteiger partial charge in [0.1, 0.15) is 5.75 Å². The zero-order valence-corrected chi connectivity index (χ0v) is 16.5. The number of benzene rings is 1. The van der Waals surface area contributed by atoms with Crippen LogP contribution in [0.25, 0.3) is 10.9 Å². The summed E-state index contributed by atoms with van der Waals surface area (Å²) in [6.07, 6.45) is 1.84. The SMILES string of the molecule is COc1cc(NC(C)CN(CC(C)C)CC(C)C)c2ncccc2c1. The van der Waals surface area contributed by atoms with E-state index in [1.807, 2.05) is 24.4 Å². The molecule has 0 saturated heterocycles. The van der Waals surface area contributed by atoms with Crippen molar-refractivity contribution in [1.82, 2.24) is 9.88 Å². The molecule has 0 amide bonds. The monoisotopic (exact) mass is 343 g/mol. The Labute approximate surface area is 152 Å². The number of aromatic nitrogens is 1. The Morgan fingerprint density at radius 3 is 2.32 bits per heavy atom. The first-order valence-electron chi connectivity index (χ1n) is 9.30. The lowest BCUT2D eigenvalue weighted by Gasteiger charge is -2.29. The Balaban J connectivity index is 2.15. The van der Waals surface area contributed by atoms with Gasteiger partial charge in [-0.05, 0) is 30.9 Å². The lowest BCUT2D eigenvalue weighted by Crippen LogP contribution is -2.39. The summed E-state index contributed by atoms with van der Waals surface area (Å²) in [5.74, 6) is 2.20. The van der Waals surface area contributed by atoms with E-state index in [0.29, 0.717) is 17.9 Å². The van der Waals surface area contributed by atoms with E-state index in [0.717, 1.165) is 42.0 Å². The van der Waals surface area contributed by atoms with Crippen LogP contribution < -0.4 is 10.1 Å². The van der Waals surface area contributed by atoms with Gasteiger partial charge in [0.2, 0.25) is 0 Å². The molecule has 2 rings (SSSR count). The maximum atomic E-state index is 5.45. The number of hydrogen-bond acceptors (Lipinski definition) is 4. The van der Waals surface area contributed by atoms with E-state index in [1.165, 1.54) is 0 Å². The lowest BCUT2D eigenvalue weighted by atomic mass is 10.1. The molecular formula is C21H33N3O. The summed E-state index contributed by atoms with van der Waals surface area (Å²) in [6, 6.07) is 8.44. The molecule has 1 N–H and O–H groups in total. The fraction of sp³-hybridized carbons (Fsp3) is 0.571. The summed E-state index contributed by atoms with van der Waals surface area (Å²) in [4.78, 5) is 7.11. The zero-order valence-electron chi connectivity index (χ0n) is 16.5. The van der Waals surface area contributed by atoms with Gasteiger partial charge >= 0.3 is 0 Å². The third kappa shape index (κ3) is 5.89. The van der Waals surface area contributed by atoms with Crippen molar-refractivity contribution in [3.05, 3.63) is 30.5 Å². The van der Waals surface area contributed by atoms with Crippen LogP contribution in [-0.2, 0) is 0 Å². The van der Waals surface area contributed by atoms with Crippen LogP contribution in [0.1, 0.15) is 34.6 Å². The molecule has 4 nitrogen and oxygen atoms in total. The summed E-state index contributed by atoms with van der Waals surface area (Å²) in [7, 11) is 1.71. The van der Waals surface area contributed by atoms with Gasteiger partial charge in [-0.25, -0.2) is 0 Å². The largest absolute Gasteiger partial charge is 0.497 e.